The van der Waals surface area contributed by atoms with Crippen LogP contribution in [0.5, 0.6) is 0 Å². The molecule has 0 saturated carbocycles. The predicted molar refractivity (Wildman–Crippen MR) is 60.2 cm³/mol. The van der Waals surface area contributed by atoms with E-state index in [2.05, 4.69) is 18.3 Å². The zero-order valence-electron chi connectivity index (χ0n) is 9.41. The van der Waals surface area contributed by atoms with Gasteiger partial charge in [-0.1, -0.05) is 13.0 Å². The molecule has 2 aliphatic heterocycles. The molecule has 0 aromatic heterocycles. The fourth-order valence-corrected chi connectivity index (χ4v) is 2.57. The quantitative estimate of drug-likeness (QED) is 0.759. The summed E-state index contributed by atoms with van der Waals surface area (Å²) in [5.74, 6) is 0.964. The average Bonchev–Trinajstić information content (AvgIpc) is 2.91. The molecule has 0 bridgehead atoms. The van der Waals surface area contributed by atoms with E-state index in [1.54, 1.807) is 0 Å². The number of carbonyl (C=O) groups excluding carboxylic acids is 1. The first-order valence-corrected chi connectivity index (χ1v) is 6.01. The number of rotatable bonds is 3. The summed E-state index contributed by atoms with van der Waals surface area (Å²) in [4.78, 5) is 14.3. The molecule has 2 heterocycles. The Kier molecular flexibility index (Phi) is 3.29. The van der Waals surface area contributed by atoms with Crippen LogP contribution < -0.4 is 5.32 Å². The van der Waals surface area contributed by atoms with Gasteiger partial charge in [0.1, 0.15) is 0 Å². The molecule has 2 rings (SSSR count). The summed E-state index contributed by atoms with van der Waals surface area (Å²) in [5, 5.41) is 3.18. The number of nitrogens with one attached hydrogen (secondary N) is 1. The van der Waals surface area contributed by atoms with Gasteiger partial charge in [-0.25, -0.2) is 0 Å². The van der Waals surface area contributed by atoms with Crippen molar-refractivity contribution in [2.24, 2.45) is 11.8 Å². The van der Waals surface area contributed by atoms with Gasteiger partial charge < -0.3 is 10.2 Å². The maximum absolute atomic E-state index is 12.2. The Bertz CT molecular complexity index is 256. The molecule has 84 valence electrons. The SMILES string of the molecule is CCC(C(=O)N1CCCC1)[C@@H]1C=CNC1. The molecule has 0 spiro atoms. The molecule has 3 heteroatoms. The second kappa shape index (κ2) is 4.69. The van der Waals surface area contributed by atoms with Crippen molar-refractivity contribution < 1.29 is 4.79 Å². The molecule has 1 fully saturated rings. The maximum Gasteiger partial charge on any atom is 0.226 e. The Hall–Kier alpha value is -0.990. The summed E-state index contributed by atoms with van der Waals surface area (Å²) in [7, 11) is 0. The minimum Gasteiger partial charge on any atom is -0.391 e. The third-order valence-electron chi connectivity index (χ3n) is 3.51. The van der Waals surface area contributed by atoms with Gasteiger partial charge in [-0.3, -0.25) is 4.79 Å². The molecule has 1 amide bonds. The first kappa shape index (κ1) is 10.5. The van der Waals surface area contributed by atoms with Crippen molar-refractivity contribution in [3.05, 3.63) is 12.3 Å². The van der Waals surface area contributed by atoms with E-state index in [0.717, 1.165) is 26.1 Å². The molecule has 0 aromatic carbocycles. The number of carbonyl (C=O) groups is 1. The van der Waals surface area contributed by atoms with Crippen molar-refractivity contribution in [3.8, 4) is 0 Å². The minimum absolute atomic E-state index is 0.189. The standard InChI is InChI=1S/C12H20N2O/c1-2-11(10-5-6-13-9-10)12(15)14-7-3-4-8-14/h5-6,10-11,13H,2-4,7-9H2,1H3/t10-,11?/m1/s1. The third kappa shape index (κ3) is 2.16. The zero-order valence-corrected chi connectivity index (χ0v) is 9.41. The Balaban J connectivity index is 1.98. The van der Waals surface area contributed by atoms with Crippen molar-refractivity contribution in [1.82, 2.24) is 10.2 Å². The highest BCUT2D eigenvalue weighted by molar-refractivity contribution is 5.79. The van der Waals surface area contributed by atoms with Crippen molar-refractivity contribution in [3.63, 3.8) is 0 Å². The van der Waals surface area contributed by atoms with Gasteiger partial charge >= 0.3 is 0 Å². The molecule has 0 aliphatic carbocycles. The number of likely N-dealkylation sites (tertiary alicyclic amines) is 1. The highest BCUT2D eigenvalue weighted by atomic mass is 16.2. The fourth-order valence-electron chi connectivity index (χ4n) is 2.57. The Labute approximate surface area is 91.5 Å². The lowest BCUT2D eigenvalue weighted by atomic mass is 9.90. The van der Waals surface area contributed by atoms with E-state index in [0.29, 0.717) is 11.8 Å². The summed E-state index contributed by atoms with van der Waals surface area (Å²) in [6, 6.07) is 0. The molecular weight excluding hydrogens is 188 g/mol. The fraction of sp³-hybridized carbons (Fsp3) is 0.750. The molecule has 2 atom stereocenters. The highest BCUT2D eigenvalue weighted by Gasteiger charge is 2.31. The van der Waals surface area contributed by atoms with Gasteiger partial charge in [0.25, 0.3) is 0 Å². The van der Waals surface area contributed by atoms with Crippen molar-refractivity contribution in [2.45, 2.75) is 26.2 Å². The maximum atomic E-state index is 12.2. The summed E-state index contributed by atoms with van der Waals surface area (Å²) in [6.45, 7) is 4.99. The number of nitrogens with zero attached hydrogens (tertiary/aromatic N) is 1. The summed E-state index contributed by atoms with van der Waals surface area (Å²) in [6.07, 6.45) is 7.43. The van der Waals surface area contributed by atoms with Crippen LogP contribution in [0.15, 0.2) is 12.3 Å². The molecule has 15 heavy (non-hydrogen) atoms. The van der Waals surface area contributed by atoms with E-state index in [9.17, 15) is 4.79 Å². The minimum atomic E-state index is 0.189. The number of hydrogen-bond acceptors (Lipinski definition) is 2. The zero-order chi connectivity index (χ0) is 10.7. The lowest BCUT2D eigenvalue weighted by Crippen LogP contribution is -2.37. The lowest BCUT2D eigenvalue weighted by Gasteiger charge is -2.25. The van der Waals surface area contributed by atoms with Crippen molar-refractivity contribution in [2.75, 3.05) is 19.6 Å². The monoisotopic (exact) mass is 208 g/mol. The van der Waals surface area contributed by atoms with E-state index in [-0.39, 0.29) is 5.92 Å². The van der Waals surface area contributed by atoms with Crippen LogP contribution in [0.1, 0.15) is 26.2 Å². The van der Waals surface area contributed by atoms with Crippen LogP contribution >= 0.6 is 0 Å². The molecule has 1 saturated heterocycles. The van der Waals surface area contributed by atoms with Crippen LogP contribution in [0.3, 0.4) is 0 Å². The van der Waals surface area contributed by atoms with Gasteiger partial charge in [0.15, 0.2) is 0 Å². The van der Waals surface area contributed by atoms with Crippen LogP contribution in [-0.4, -0.2) is 30.4 Å². The molecular formula is C12H20N2O. The van der Waals surface area contributed by atoms with E-state index < -0.39 is 0 Å². The highest BCUT2D eigenvalue weighted by Crippen LogP contribution is 2.23. The normalized spacial score (nSPS) is 26.7. The van der Waals surface area contributed by atoms with Gasteiger partial charge in [-0.05, 0) is 25.5 Å². The number of hydrogen-bond donors (Lipinski definition) is 1. The molecule has 3 nitrogen and oxygen atoms in total. The van der Waals surface area contributed by atoms with Crippen molar-refractivity contribution in [1.29, 1.82) is 0 Å². The smallest absolute Gasteiger partial charge is 0.226 e. The first-order valence-electron chi connectivity index (χ1n) is 6.01. The molecule has 1 N–H and O–H groups in total. The van der Waals surface area contributed by atoms with Gasteiger partial charge in [-0.2, -0.15) is 0 Å². The first-order chi connectivity index (χ1) is 7.33. The topological polar surface area (TPSA) is 32.3 Å². The van der Waals surface area contributed by atoms with Gasteiger partial charge in [0, 0.05) is 31.5 Å². The van der Waals surface area contributed by atoms with Crippen molar-refractivity contribution >= 4 is 5.91 Å². The van der Waals surface area contributed by atoms with E-state index in [1.807, 2.05) is 11.1 Å². The Morgan fingerprint density at radius 1 is 1.53 bits per heavy atom. The average molecular weight is 208 g/mol. The lowest BCUT2D eigenvalue weighted by molar-refractivity contribution is -0.135. The summed E-state index contributed by atoms with van der Waals surface area (Å²) in [5.41, 5.74) is 0. The van der Waals surface area contributed by atoms with Crippen LogP contribution in [0.4, 0.5) is 0 Å². The van der Waals surface area contributed by atoms with E-state index in [4.69, 9.17) is 0 Å². The largest absolute Gasteiger partial charge is 0.391 e. The van der Waals surface area contributed by atoms with Crippen LogP contribution in [0.25, 0.3) is 0 Å². The second-order valence-electron chi connectivity index (χ2n) is 4.48. The van der Waals surface area contributed by atoms with Crippen LogP contribution in [0.2, 0.25) is 0 Å². The van der Waals surface area contributed by atoms with Crippen LogP contribution in [-0.2, 0) is 4.79 Å². The predicted octanol–water partition coefficient (Wildman–Crippen LogP) is 1.37. The summed E-state index contributed by atoms with van der Waals surface area (Å²) >= 11 is 0. The molecule has 1 unspecified atom stereocenters. The third-order valence-corrected chi connectivity index (χ3v) is 3.51. The van der Waals surface area contributed by atoms with E-state index >= 15 is 0 Å². The van der Waals surface area contributed by atoms with Gasteiger partial charge in [0.2, 0.25) is 5.91 Å². The molecule has 0 aromatic rings. The summed E-state index contributed by atoms with van der Waals surface area (Å²) < 4.78 is 0. The molecule has 0 radical (unpaired) electrons. The molecule has 2 aliphatic rings. The van der Waals surface area contributed by atoms with Gasteiger partial charge in [-0.15, -0.1) is 0 Å². The van der Waals surface area contributed by atoms with Gasteiger partial charge in [0.05, 0.1) is 0 Å². The van der Waals surface area contributed by atoms with Crippen LogP contribution in [0, 0.1) is 11.8 Å². The second-order valence-corrected chi connectivity index (χ2v) is 4.48. The number of amides is 1. The Morgan fingerprint density at radius 2 is 2.27 bits per heavy atom. The van der Waals surface area contributed by atoms with E-state index in [1.165, 1.54) is 12.8 Å². The Morgan fingerprint density at radius 3 is 2.80 bits per heavy atom.